The van der Waals surface area contributed by atoms with Gasteiger partial charge in [-0.3, -0.25) is 14.9 Å². The molecule has 1 heterocycles. The van der Waals surface area contributed by atoms with Crippen molar-refractivity contribution < 1.29 is 9.72 Å². The van der Waals surface area contributed by atoms with E-state index in [1.165, 1.54) is 11.0 Å². The van der Waals surface area contributed by atoms with E-state index < -0.39 is 4.92 Å². The molecular weight excluding hydrogens is 400 g/mol. The van der Waals surface area contributed by atoms with Gasteiger partial charge in [-0.05, 0) is 33.7 Å². The zero-order valence-corrected chi connectivity index (χ0v) is 13.7. The number of nitrogens with zero attached hydrogens (tertiary/aromatic N) is 2. The van der Waals surface area contributed by atoms with Crippen LogP contribution in [-0.4, -0.2) is 23.1 Å². The van der Waals surface area contributed by atoms with Crippen molar-refractivity contribution in [1.29, 1.82) is 0 Å². The summed E-state index contributed by atoms with van der Waals surface area (Å²) < 4.78 is 1.12. The minimum Gasteiger partial charge on any atom is -0.305 e. The standard InChI is InChI=1S/C11H10Br2N2O3S/c12-7-2-8(13)11(9(3-7)15(17)18)14-4-6(5-19)1-10(14)16/h2-3,6,19H,1,4-5H2. The molecule has 1 aliphatic heterocycles. The number of rotatable bonds is 3. The number of carbonyl (C=O) groups excluding carboxylic acids is 1. The molecule has 5 nitrogen and oxygen atoms in total. The Morgan fingerprint density at radius 1 is 1.47 bits per heavy atom. The molecule has 1 atom stereocenters. The highest BCUT2D eigenvalue weighted by Gasteiger charge is 2.35. The highest BCUT2D eigenvalue weighted by molar-refractivity contribution is 9.11. The van der Waals surface area contributed by atoms with Gasteiger partial charge in [0, 0.05) is 28.0 Å². The Hall–Kier alpha value is -0.600. The molecule has 1 amide bonds. The third-order valence-corrected chi connectivity index (χ3v) is 4.52. The van der Waals surface area contributed by atoms with Gasteiger partial charge in [0.2, 0.25) is 5.91 Å². The van der Waals surface area contributed by atoms with Crippen LogP contribution in [0.5, 0.6) is 0 Å². The minimum atomic E-state index is -0.480. The molecule has 0 aliphatic carbocycles. The van der Waals surface area contributed by atoms with E-state index >= 15 is 0 Å². The van der Waals surface area contributed by atoms with Crippen molar-refractivity contribution >= 4 is 61.8 Å². The van der Waals surface area contributed by atoms with Crippen LogP contribution in [0.2, 0.25) is 0 Å². The predicted molar refractivity (Wildman–Crippen MR) is 82.8 cm³/mol. The Kier molecular flexibility index (Phi) is 4.52. The van der Waals surface area contributed by atoms with Crippen molar-refractivity contribution in [2.45, 2.75) is 6.42 Å². The normalized spacial score (nSPS) is 19.0. The highest BCUT2D eigenvalue weighted by Crippen LogP contribution is 2.41. The SMILES string of the molecule is O=C1CC(CS)CN1c1c(Br)cc(Br)cc1[N+](=O)[O-]. The zero-order valence-electron chi connectivity index (χ0n) is 9.68. The minimum absolute atomic E-state index is 0.0885. The number of amides is 1. The first-order valence-corrected chi connectivity index (χ1v) is 7.70. The van der Waals surface area contributed by atoms with Crippen molar-refractivity contribution in [2.24, 2.45) is 5.92 Å². The van der Waals surface area contributed by atoms with E-state index in [2.05, 4.69) is 44.5 Å². The first-order valence-electron chi connectivity index (χ1n) is 5.48. The third-order valence-electron chi connectivity index (χ3n) is 2.94. The van der Waals surface area contributed by atoms with Crippen molar-refractivity contribution in [3.05, 3.63) is 31.2 Å². The predicted octanol–water partition coefficient (Wildman–Crippen LogP) is 3.40. The summed E-state index contributed by atoms with van der Waals surface area (Å²) in [6.45, 7) is 0.462. The van der Waals surface area contributed by atoms with Crippen LogP contribution < -0.4 is 4.90 Å². The van der Waals surface area contributed by atoms with Crippen molar-refractivity contribution in [3.8, 4) is 0 Å². The van der Waals surface area contributed by atoms with Gasteiger partial charge in [0.1, 0.15) is 5.69 Å². The number of anilines is 1. The van der Waals surface area contributed by atoms with Crippen LogP contribution in [0, 0.1) is 16.0 Å². The van der Waals surface area contributed by atoms with E-state index in [0.717, 1.165) is 0 Å². The number of carbonyl (C=O) groups is 1. The van der Waals surface area contributed by atoms with E-state index in [9.17, 15) is 14.9 Å². The van der Waals surface area contributed by atoms with Crippen LogP contribution in [0.1, 0.15) is 6.42 Å². The van der Waals surface area contributed by atoms with Gasteiger partial charge in [0.25, 0.3) is 5.69 Å². The second-order valence-electron chi connectivity index (χ2n) is 4.27. The van der Waals surface area contributed by atoms with Gasteiger partial charge >= 0.3 is 0 Å². The maximum atomic E-state index is 12.0. The van der Waals surface area contributed by atoms with Crippen LogP contribution in [0.25, 0.3) is 0 Å². The summed E-state index contributed by atoms with van der Waals surface area (Å²) in [5, 5.41) is 11.2. The summed E-state index contributed by atoms with van der Waals surface area (Å²) in [5.74, 6) is 0.612. The van der Waals surface area contributed by atoms with Gasteiger partial charge in [0.15, 0.2) is 0 Å². The molecule has 1 fully saturated rings. The molecule has 8 heteroatoms. The number of hydrogen-bond donors (Lipinski definition) is 1. The van der Waals surface area contributed by atoms with Gasteiger partial charge in [0.05, 0.1) is 4.92 Å². The Morgan fingerprint density at radius 2 is 2.16 bits per heavy atom. The van der Waals surface area contributed by atoms with Crippen LogP contribution >= 0.6 is 44.5 Å². The molecule has 0 N–H and O–H groups in total. The number of thiol groups is 1. The van der Waals surface area contributed by atoms with Crippen LogP contribution in [0.4, 0.5) is 11.4 Å². The lowest BCUT2D eigenvalue weighted by Gasteiger charge is -2.18. The largest absolute Gasteiger partial charge is 0.305 e. The van der Waals surface area contributed by atoms with Gasteiger partial charge in [-0.15, -0.1) is 0 Å². The second kappa shape index (κ2) is 5.80. The Morgan fingerprint density at radius 3 is 2.68 bits per heavy atom. The molecule has 0 bridgehead atoms. The van der Waals surface area contributed by atoms with E-state index in [1.807, 2.05) is 0 Å². The van der Waals surface area contributed by atoms with E-state index in [1.54, 1.807) is 6.07 Å². The lowest BCUT2D eigenvalue weighted by Crippen LogP contribution is -2.26. The van der Waals surface area contributed by atoms with E-state index in [-0.39, 0.29) is 17.5 Å². The van der Waals surface area contributed by atoms with Gasteiger partial charge < -0.3 is 4.90 Å². The average Bonchev–Trinajstić information content (AvgIpc) is 2.69. The highest BCUT2D eigenvalue weighted by atomic mass is 79.9. The summed E-state index contributed by atoms with van der Waals surface area (Å²) in [7, 11) is 0. The summed E-state index contributed by atoms with van der Waals surface area (Å²) in [5.41, 5.74) is 0.233. The number of nitro groups is 1. The second-order valence-corrected chi connectivity index (χ2v) is 6.40. The number of benzene rings is 1. The summed E-state index contributed by atoms with van der Waals surface area (Å²) >= 11 is 10.7. The molecule has 0 radical (unpaired) electrons. The quantitative estimate of drug-likeness (QED) is 0.472. The molecule has 1 aliphatic rings. The third kappa shape index (κ3) is 2.95. The van der Waals surface area contributed by atoms with Crippen molar-refractivity contribution in [3.63, 3.8) is 0 Å². The smallest absolute Gasteiger partial charge is 0.295 e. The van der Waals surface area contributed by atoms with E-state index in [4.69, 9.17) is 0 Å². The molecule has 102 valence electrons. The molecule has 1 aromatic rings. The van der Waals surface area contributed by atoms with Gasteiger partial charge in [-0.1, -0.05) is 15.9 Å². The summed E-state index contributed by atoms with van der Waals surface area (Å²) in [6.07, 6.45) is 0.378. The van der Waals surface area contributed by atoms with Crippen LogP contribution in [-0.2, 0) is 4.79 Å². The number of nitro benzene ring substituents is 1. The maximum Gasteiger partial charge on any atom is 0.295 e. The Labute approximate surface area is 132 Å². The van der Waals surface area contributed by atoms with Crippen LogP contribution in [0.3, 0.4) is 0 Å². The molecule has 19 heavy (non-hydrogen) atoms. The zero-order chi connectivity index (χ0) is 14.2. The van der Waals surface area contributed by atoms with Crippen molar-refractivity contribution in [1.82, 2.24) is 0 Å². The molecule has 0 aromatic heterocycles. The molecule has 0 spiro atoms. The average molecular weight is 410 g/mol. The Balaban J connectivity index is 2.50. The topological polar surface area (TPSA) is 63.5 Å². The van der Waals surface area contributed by atoms with Gasteiger partial charge in [-0.25, -0.2) is 0 Å². The molecular formula is C11H10Br2N2O3S. The van der Waals surface area contributed by atoms with Crippen molar-refractivity contribution in [2.75, 3.05) is 17.2 Å². The monoisotopic (exact) mass is 408 g/mol. The molecule has 0 saturated carbocycles. The summed E-state index contributed by atoms with van der Waals surface area (Å²) in [4.78, 5) is 24.1. The molecule has 1 saturated heterocycles. The van der Waals surface area contributed by atoms with Gasteiger partial charge in [-0.2, -0.15) is 12.6 Å². The number of hydrogen-bond acceptors (Lipinski definition) is 4. The number of halogens is 2. The summed E-state index contributed by atoms with van der Waals surface area (Å²) in [6, 6.07) is 3.10. The first kappa shape index (κ1) is 14.8. The van der Waals surface area contributed by atoms with E-state index in [0.29, 0.717) is 33.4 Å². The fourth-order valence-corrected chi connectivity index (χ4v) is 3.74. The van der Waals surface area contributed by atoms with Crippen LogP contribution in [0.15, 0.2) is 21.1 Å². The molecule has 1 unspecified atom stereocenters. The maximum absolute atomic E-state index is 12.0. The lowest BCUT2D eigenvalue weighted by molar-refractivity contribution is -0.384. The lowest BCUT2D eigenvalue weighted by atomic mass is 10.1. The Bertz CT molecular complexity index is 553. The fourth-order valence-electron chi connectivity index (χ4n) is 2.08. The molecule has 2 rings (SSSR count). The fraction of sp³-hybridized carbons (Fsp3) is 0.364. The first-order chi connectivity index (χ1) is 8.93. The molecule has 1 aromatic carbocycles.